The molecule has 2 fully saturated rings. The SMILES string of the molecule is Cc1ccc(OC2CC2)c(CNC2CCCNC2c2ccccc2)c1. The molecule has 2 aromatic carbocycles. The molecule has 0 aromatic heterocycles. The largest absolute Gasteiger partial charge is 0.490 e. The predicted octanol–water partition coefficient (Wildman–Crippen LogP) is 4.12. The van der Waals surface area contributed by atoms with Crippen LogP contribution in [0.3, 0.4) is 0 Å². The van der Waals surface area contributed by atoms with E-state index in [1.54, 1.807) is 0 Å². The van der Waals surface area contributed by atoms with Crippen molar-refractivity contribution in [2.45, 2.75) is 57.3 Å². The van der Waals surface area contributed by atoms with E-state index >= 15 is 0 Å². The molecule has 0 bridgehead atoms. The average Bonchev–Trinajstić information content (AvgIpc) is 3.47. The third-order valence-corrected chi connectivity index (χ3v) is 5.21. The Hall–Kier alpha value is -1.84. The molecule has 0 radical (unpaired) electrons. The van der Waals surface area contributed by atoms with Crippen molar-refractivity contribution in [3.63, 3.8) is 0 Å². The van der Waals surface area contributed by atoms with E-state index in [9.17, 15) is 0 Å². The van der Waals surface area contributed by atoms with Crippen molar-refractivity contribution in [2.75, 3.05) is 6.54 Å². The average molecular weight is 336 g/mol. The van der Waals surface area contributed by atoms with Crippen LogP contribution in [0.5, 0.6) is 5.75 Å². The summed E-state index contributed by atoms with van der Waals surface area (Å²) in [5, 5.41) is 7.50. The lowest BCUT2D eigenvalue weighted by molar-refractivity contribution is 0.288. The zero-order valence-electron chi connectivity index (χ0n) is 15.0. The Morgan fingerprint density at radius 2 is 1.92 bits per heavy atom. The van der Waals surface area contributed by atoms with E-state index in [1.807, 2.05) is 0 Å². The van der Waals surface area contributed by atoms with Gasteiger partial charge in [0.05, 0.1) is 6.10 Å². The van der Waals surface area contributed by atoms with Crippen LogP contribution in [-0.2, 0) is 6.54 Å². The van der Waals surface area contributed by atoms with E-state index < -0.39 is 0 Å². The maximum atomic E-state index is 6.11. The number of hydrogen-bond donors (Lipinski definition) is 2. The van der Waals surface area contributed by atoms with Crippen LogP contribution in [0.2, 0.25) is 0 Å². The Morgan fingerprint density at radius 3 is 2.72 bits per heavy atom. The molecule has 1 aliphatic carbocycles. The third-order valence-electron chi connectivity index (χ3n) is 5.21. The summed E-state index contributed by atoms with van der Waals surface area (Å²) in [7, 11) is 0. The fourth-order valence-corrected chi connectivity index (χ4v) is 3.69. The van der Waals surface area contributed by atoms with Crippen LogP contribution in [0.25, 0.3) is 0 Å². The first kappa shape index (κ1) is 16.6. The minimum atomic E-state index is 0.382. The minimum Gasteiger partial charge on any atom is -0.490 e. The molecule has 2 unspecified atom stereocenters. The van der Waals surface area contributed by atoms with Crippen molar-refractivity contribution in [1.29, 1.82) is 0 Å². The van der Waals surface area contributed by atoms with Crippen molar-refractivity contribution in [3.05, 3.63) is 65.2 Å². The van der Waals surface area contributed by atoms with Gasteiger partial charge < -0.3 is 15.4 Å². The summed E-state index contributed by atoms with van der Waals surface area (Å²) >= 11 is 0. The molecular formula is C22H28N2O. The first-order valence-electron chi connectivity index (χ1n) is 9.57. The Kier molecular flexibility index (Phi) is 5.04. The Labute approximate surface area is 150 Å². The fourth-order valence-electron chi connectivity index (χ4n) is 3.69. The molecule has 0 amide bonds. The molecule has 1 saturated carbocycles. The summed E-state index contributed by atoms with van der Waals surface area (Å²) in [4.78, 5) is 0. The van der Waals surface area contributed by atoms with Crippen molar-refractivity contribution in [3.8, 4) is 5.75 Å². The summed E-state index contributed by atoms with van der Waals surface area (Å²) in [6.45, 7) is 4.11. The second-order valence-corrected chi connectivity index (χ2v) is 7.40. The van der Waals surface area contributed by atoms with Crippen LogP contribution in [0.15, 0.2) is 48.5 Å². The lowest BCUT2D eigenvalue weighted by Gasteiger charge is -2.34. The highest BCUT2D eigenvalue weighted by molar-refractivity contribution is 5.37. The normalized spacial score (nSPS) is 23.4. The van der Waals surface area contributed by atoms with Gasteiger partial charge in [0.2, 0.25) is 0 Å². The van der Waals surface area contributed by atoms with E-state index in [4.69, 9.17) is 4.74 Å². The number of nitrogens with one attached hydrogen (secondary N) is 2. The zero-order chi connectivity index (χ0) is 17.1. The fraction of sp³-hybridized carbons (Fsp3) is 0.455. The lowest BCUT2D eigenvalue weighted by Crippen LogP contribution is -2.45. The standard InChI is InChI=1S/C22H28N2O/c1-16-9-12-21(25-19-10-11-19)18(14-16)15-24-20-8-5-13-23-22(20)17-6-3-2-4-7-17/h2-4,6-7,9,12,14,19-20,22-24H,5,8,10-11,13,15H2,1H3. The molecule has 1 heterocycles. The molecule has 4 rings (SSSR count). The van der Waals surface area contributed by atoms with Gasteiger partial charge in [0, 0.05) is 24.2 Å². The number of rotatable bonds is 6. The highest BCUT2D eigenvalue weighted by atomic mass is 16.5. The minimum absolute atomic E-state index is 0.382. The molecular weight excluding hydrogens is 308 g/mol. The zero-order valence-corrected chi connectivity index (χ0v) is 15.0. The van der Waals surface area contributed by atoms with E-state index in [-0.39, 0.29) is 0 Å². The van der Waals surface area contributed by atoms with Crippen LogP contribution in [0.4, 0.5) is 0 Å². The molecule has 1 saturated heterocycles. The van der Waals surface area contributed by atoms with Gasteiger partial charge in [0.15, 0.2) is 0 Å². The molecule has 1 aliphatic heterocycles. The topological polar surface area (TPSA) is 33.3 Å². The number of piperidine rings is 1. The maximum absolute atomic E-state index is 6.11. The van der Waals surface area contributed by atoms with Crippen LogP contribution < -0.4 is 15.4 Å². The first-order chi connectivity index (χ1) is 12.3. The van der Waals surface area contributed by atoms with Crippen molar-refractivity contribution < 1.29 is 4.74 Å². The second-order valence-electron chi connectivity index (χ2n) is 7.40. The van der Waals surface area contributed by atoms with E-state index in [2.05, 4.69) is 66.1 Å². The van der Waals surface area contributed by atoms with Crippen molar-refractivity contribution in [2.24, 2.45) is 0 Å². The van der Waals surface area contributed by atoms with Crippen LogP contribution in [0, 0.1) is 6.92 Å². The van der Waals surface area contributed by atoms with Crippen molar-refractivity contribution >= 4 is 0 Å². The molecule has 25 heavy (non-hydrogen) atoms. The first-order valence-corrected chi connectivity index (χ1v) is 9.57. The molecule has 132 valence electrons. The smallest absolute Gasteiger partial charge is 0.124 e. The van der Waals surface area contributed by atoms with Crippen LogP contribution >= 0.6 is 0 Å². The lowest BCUT2D eigenvalue weighted by atomic mass is 9.92. The highest BCUT2D eigenvalue weighted by Crippen LogP contribution is 2.30. The number of benzene rings is 2. The number of hydrogen-bond acceptors (Lipinski definition) is 3. The van der Waals surface area contributed by atoms with Gasteiger partial charge in [0.1, 0.15) is 5.75 Å². The second kappa shape index (κ2) is 7.59. The maximum Gasteiger partial charge on any atom is 0.124 e. The summed E-state index contributed by atoms with van der Waals surface area (Å²) in [6.07, 6.45) is 5.26. The van der Waals surface area contributed by atoms with Gasteiger partial charge in [0.25, 0.3) is 0 Å². The Morgan fingerprint density at radius 1 is 1.08 bits per heavy atom. The Balaban J connectivity index is 1.46. The molecule has 3 nitrogen and oxygen atoms in total. The molecule has 3 heteroatoms. The molecule has 2 aromatic rings. The van der Waals surface area contributed by atoms with Gasteiger partial charge in [-0.3, -0.25) is 0 Å². The third kappa shape index (κ3) is 4.23. The summed E-state index contributed by atoms with van der Waals surface area (Å²) < 4.78 is 6.11. The van der Waals surface area contributed by atoms with Crippen LogP contribution in [0.1, 0.15) is 48.4 Å². The van der Waals surface area contributed by atoms with Gasteiger partial charge >= 0.3 is 0 Å². The number of ether oxygens (including phenoxy) is 1. The summed E-state index contributed by atoms with van der Waals surface area (Å²) in [5.74, 6) is 1.06. The van der Waals surface area contributed by atoms with Gasteiger partial charge in [-0.25, -0.2) is 0 Å². The molecule has 2 aliphatic rings. The Bertz CT molecular complexity index is 696. The summed E-state index contributed by atoms with van der Waals surface area (Å²) in [6, 6.07) is 18.2. The van der Waals surface area contributed by atoms with Gasteiger partial charge in [-0.15, -0.1) is 0 Å². The van der Waals surface area contributed by atoms with Gasteiger partial charge in [-0.05, 0) is 50.8 Å². The molecule has 2 N–H and O–H groups in total. The quantitative estimate of drug-likeness (QED) is 0.832. The highest BCUT2D eigenvalue weighted by Gasteiger charge is 2.27. The molecule has 2 atom stereocenters. The number of aryl methyl sites for hydroxylation is 1. The van der Waals surface area contributed by atoms with Crippen LogP contribution in [-0.4, -0.2) is 18.7 Å². The molecule has 0 spiro atoms. The predicted molar refractivity (Wildman–Crippen MR) is 102 cm³/mol. The van der Waals surface area contributed by atoms with Crippen molar-refractivity contribution in [1.82, 2.24) is 10.6 Å². The summed E-state index contributed by atoms with van der Waals surface area (Å²) in [5.41, 5.74) is 3.95. The van der Waals surface area contributed by atoms with Gasteiger partial charge in [-0.1, -0.05) is 48.0 Å². The van der Waals surface area contributed by atoms with E-state index in [1.165, 1.54) is 42.4 Å². The monoisotopic (exact) mass is 336 g/mol. The van der Waals surface area contributed by atoms with E-state index in [0.717, 1.165) is 18.8 Å². The van der Waals surface area contributed by atoms with E-state index in [0.29, 0.717) is 18.2 Å². The van der Waals surface area contributed by atoms with Gasteiger partial charge in [-0.2, -0.15) is 0 Å².